The van der Waals surface area contributed by atoms with Crippen molar-refractivity contribution in [2.24, 2.45) is 0 Å². The summed E-state index contributed by atoms with van der Waals surface area (Å²) in [5, 5.41) is 5.44. The number of carbonyl (C=O) groups excluding carboxylic acids is 2. The molecule has 23 heavy (non-hydrogen) atoms. The average Bonchev–Trinajstić information content (AvgIpc) is 2.52. The van der Waals surface area contributed by atoms with Gasteiger partial charge in [0, 0.05) is 37.8 Å². The molecule has 1 aliphatic rings. The molecule has 0 aliphatic carbocycles. The topological polar surface area (TPSA) is 70.7 Å². The van der Waals surface area contributed by atoms with Crippen LogP contribution in [0, 0.1) is 5.82 Å². The first-order valence-electron chi connectivity index (χ1n) is 7.66. The van der Waals surface area contributed by atoms with Crippen molar-refractivity contribution >= 4 is 11.8 Å². The maximum atomic E-state index is 14.1. The molecule has 1 heterocycles. The van der Waals surface area contributed by atoms with Crippen LogP contribution in [0.1, 0.15) is 18.9 Å². The zero-order valence-electron chi connectivity index (χ0n) is 13.4. The molecule has 2 N–H and O–H groups in total. The van der Waals surface area contributed by atoms with Crippen molar-refractivity contribution in [2.45, 2.75) is 25.9 Å². The molecule has 0 aromatic heterocycles. The van der Waals surface area contributed by atoms with Gasteiger partial charge in [-0.3, -0.25) is 14.5 Å². The number of nitrogens with one attached hydrogen (secondary N) is 2. The van der Waals surface area contributed by atoms with Gasteiger partial charge in [-0.25, -0.2) is 4.39 Å². The van der Waals surface area contributed by atoms with E-state index in [1.54, 1.807) is 12.1 Å². The van der Waals surface area contributed by atoms with Crippen LogP contribution in [0.3, 0.4) is 0 Å². The number of methoxy groups -OCH3 is 1. The highest BCUT2D eigenvalue weighted by atomic mass is 19.1. The molecule has 2 rings (SSSR count). The Balaban J connectivity index is 2.11. The van der Waals surface area contributed by atoms with E-state index >= 15 is 0 Å². The predicted octanol–water partition coefficient (Wildman–Crippen LogP) is 0.661. The lowest BCUT2D eigenvalue weighted by Crippen LogP contribution is -2.56. The van der Waals surface area contributed by atoms with Crippen molar-refractivity contribution in [3.8, 4) is 5.75 Å². The van der Waals surface area contributed by atoms with Gasteiger partial charge in [-0.05, 0) is 13.0 Å². The molecule has 0 saturated carbocycles. The molecular weight excluding hydrogens is 301 g/mol. The normalized spacial score (nSPS) is 18.4. The van der Waals surface area contributed by atoms with Gasteiger partial charge in [0.05, 0.1) is 19.6 Å². The lowest BCUT2D eigenvalue weighted by Gasteiger charge is -2.34. The van der Waals surface area contributed by atoms with Crippen LogP contribution in [-0.2, 0) is 16.1 Å². The molecule has 1 atom stereocenters. The van der Waals surface area contributed by atoms with Gasteiger partial charge in [0.2, 0.25) is 11.8 Å². The van der Waals surface area contributed by atoms with Crippen LogP contribution >= 0.6 is 0 Å². The molecular formula is C16H22FN3O3. The van der Waals surface area contributed by atoms with E-state index in [2.05, 4.69) is 10.6 Å². The van der Waals surface area contributed by atoms with Crippen molar-refractivity contribution in [2.75, 3.05) is 26.7 Å². The van der Waals surface area contributed by atoms with Gasteiger partial charge in [0.15, 0.2) is 0 Å². The molecule has 7 heteroatoms. The highest BCUT2D eigenvalue weighted by Gasteiger charge is 2.31. The Kier molecular flexibility index (Phi) is 5.92. The largest absolute Gasteiger partial charge is 0.497 e. The lowest BCUT2D eigenvalue weighted by molar-refractivity contribution is -0.134. The smallest absolute Gasteiger partial charge is 0.237 e. The highest BCUT2D eigenvalue weighted by molar-refractivity contribution is 5.88. The van der Waals surface area contributed by atoms with Crippen molar-refractivity contribution in [3.05, 3.63) is 29.6 Å². The summed E-state index contributed by atoms with van der Waals surface area (Å²) in [6, 6.07) is 4.06. The third-order valence-electron chi connectivity index (χ3n) is 3.83. The summed E-state index contributed by atoms with van der Waals surface area (Å²) in [5.41, 5.74) is 0.474. The monoisotopic (exact) mass is 323 g/mol. The zero-order chi connectivity index (χ0) is 16.8. The van der Waals surface area contributed by atoms with E-state index in [0.29, 0.717) is 30.9 Å². The molecule has 1 aliphatic heterocycles. The fourth-order valence-electron chi connectivity index (χ4n) is 2.62. The lowest BCUT2D eigenvalue weighted by atomic mass is 10.1. The molecule has 1 saturated heterocycles. The van der Waals surface area contributed by atoms with Gasteiger partial charge >= 0.3 is 0 Å². The number of benzene rings is 1. The van der Waals surface area contributed by atoms with Crippen LogP contribution < -0.4 is 15.4 Å². The van der Waals surface area contributed by atoms with E-state index in [-0.39, 0.29) is 30.6 Å². The quantitative estimate of drug-likeness (QED) is 0.807. The first-order valence-corrected chi connectivity index (χ1v) is 7.66. The summed E-state index contributed by atoms with van der Waals surface area (Å²) in [6.45, 7) is 3.67. The second-order valence-corrected chi connectivity index (χ2v) is 5.39. The molecule has 0 spiro atoms. The first-order chi connectivity index (χ1) is 11.0. The van der Waals surface area contributed by atoms with Crippen molar-refractivity contribution in [3.63, 3.8) is 0 Å². The molecule has 2 amide bonds. The maximum absolute atomic E-state index is 14.1. The first kappa shape index (κ1) is 17.2. The summed E-state index contributed by atoms with van der Waals surface area (Å²) in [6.07, 6.45) is 0.0669. The number of rotatable bonds is 6. The second-order valence-electron chi connectivity index (χ2n) is 5.39. The van der Waals surface area contributed by atoms with Gasteiger partial charge in [-0.15, -0.1) is 0 Å². The minimum atomic E-state index is -0.586. The molecule has 6 nitrogen and oxygen atoms in total. The van der Waals surface area contributed by atoms with Gasteiger partial charge in [0.1, 0.15) is 11.6 Å². The van der Waals surface area contributed by atoms with Gasteiger partial charge in [-0.2, -0.15) is 0 Å². The molecule has 1 aromatic carbocycles. The van der Waals surface area contributed by atoms with E-state index in [9.17, 15) is 14.0 Å². The average molecular weight is 323 g/mol. The predicted molar refractivity (Wildman–Crippen MR) is 83.5 cm³/mol. The third-order valence-corrected chi connectivity index (χ3v) is 3.83. The minimum absolute atomic E-state index is 0.0669. The SMILES string of the molecule is CCNC(=O)CC1C(=O)NCCN1Cc1ccc(OC)cc1F. The van der Waals surface area contributed by atoms with Crippen molar-refractivity contribution in [1.29, 1.82) is 0 Å². The van der Waals surface area contributed by atoms with Gasteiger partial charge in [-0.1, -0.05) is 6.07 Å². The summed E-state index contributed by atoms with van der Waals surface area (Å²) < 4.78 is 19.1. The number of piperazine rings is 1. The minimum Gasteiger partial charge on any atom is -0.497 e. The molecule has 0 radical (unpaired) electrons. The van der Waals surface area contributed by atoms with E-state index < -0.39 is 6.04 Å². The fourth-order valence-corrected chi connectivity index (χ4v) is 2.62. The van der Waals surface area contributed by atoms with Crippen LogP contribution in [0.4, 0.5) is 4.39 Å². The Morgan fingerprint density at radius 2 is 2.30 bits per heavy atom. The fraction of sp³-hybridized carbons (Fsp3) is 0.500. The van der Waals surface area contributed by atoms with E-state index in [1.165, 1.54) is 13.2 Å². The molecule has 0 bridgehead atoms. The third kappa shape index (κ3) is 4.41. The summed E-state index contributed by atoms with van der Waals surface area (Å²) in [5.74, 6) is -0.320. The van der Waals surface area contributed by atoms with E-state index in [0.717, 1.165) is 0 Å². The number of halogens is 1. The number of hydrogen-bond donors (Lipinski definition) is 2. The van der Waals surface area contributed by atoms with Gasteiger partial charge in [0.25, 0.3) is 0 Å². The Bertz CT molecular complexity index is 580. The molecule has 1 fully saturated rings. The van der Waals surface area contributed by atoms with Crippen LogP contribution in [0.25, 0.3) is 0 Å². The van der Waals surface area contributed by atoms with Crippen LogP contribution in [0.15, 0.2) is 18.2 Å². The number of nitrogens with zero attached hydrogens (tertiary/aromatic N) is 1. The summed E-state index contributed by atoms with van der Waals surface area (Å²) >= 11 is 0. The van der Waals surface area contributed by atoms with Crippen LogP contribution in [0.5, 0.6) is 5.75 Å². The van der Waals surface area contributed by atoms with Crippen LogP contribution in [-0.4, -0.2) is 49.5 Å². The van der Waals surface area contributed by atoms with Crippen molar-refractivity contribution < 1.29 is 18.7 Å². The Morgan fingerprint density at radius 3 is 2.96 bits per heavy atom. The second kappa shape index (κ2) is 7.92. The van der Waals surface area contributed by atoms with E-state index in [1.807, 2.05) is 11.8 Å². The molecule has 126 valence electrons. The zero-order valence-corrected chi connectivity index (χ0v) is 13.4. The Labute approximate surface area is 135 Å². The number of ether oxygens (including phenoxy) is 1. The number of hydrogen-bond acceptors (Lipinski definition) is 4. The Morgan fingerprint density at radius 1 is 1.52 bits per heavy atom. The molecule has 1 unspecified atom stereocenters. The number of carbonyl (C=O) groups is 2. The van der Waals surface area contributed by atoms with Crippen LogP contribution in [0.2, 0.25) is 0 Å². The van der Waals surface area contributed by atoms with E-state index in [4.69, 9.17) is 4.74 Å². The molecule has 1 aromatic rings. The summed E-state index contributed by atoms with van der Waals surface area (Å²) in [7, 11) is 1.48. The number of amides is 2. The van der Waals surface area contributed by atoms with Gasteiger partial charge < -0.3 is 15.4 Å². The maximum Gasteiger partial charge on any atom is 0.237 e. The standard InChI is InChI=1S/C16H22FN3O3/c1-3-18-15(21)9-14-16(22)19-6-7-20(14)10-11-4-5-12(23-2)8-13(11)17/h4-5,8,14H,3,6-7,9-10H2,1-2H3,(H,18,21)(H,19,22). The highest BCUT2D eigenvalue weighted by Crippen LogP contribution is 2.20. The Hall–Kier alpha value is -2.15. The summed E-state index contributed by atoms with van der Waals surface area (Å²) in [4.78, 5) is 25.7. The van der Waals surface area contributed by atoms with Crippen molar-refractivity contribution in [1.82, 2.24) is 15.5 Å².